The summed E-state index contributed by atoms with van der Waals surface area (Å²) >= 11 is 0. The summed E-state index contributed by atoms with van der Waals surface area (Å²) in [6, 6.07) is 14.3. The molecular formula is C27H36N2O4. The lowest BCUT2D eigenvalue weighted by Gasteiger charge is -2.54. The first-order valence-electron chi connectivity index (χ1n) is 12.2. The number of phenols is 2. The van der Waals surface area contributed by atoms with Crippen LogP contribution in [0.2, 0.25) is 0 Å². The summed E-state index contributed by atoms with van der Waals surface area (Å²) < 4.78 is 6.68. The Labute approximate surface area is 196 Å². The van der Waals surface area contributed by atoms with E-state index in [-0.39, 0.29) is 28.9 Å². The van der Waals surface area contributed by atoms with Gasteiger partial charge in [-0.1, -0.05) is 20.8 Å². The average molecular weight is 453 g/mol. The molecule has 2 aromatic rings. The van der Waals surface area contributed by atoms with Gasteiger partial charge in [0.15, 0.2) is 5.79 Å². The number of phenolic OH excluding ortho intramolecular Hbond substituents is 2. The highest BCUT2D eigenvalue weighted by Gasteiger charge is 2.72. The molecule has 5 rings (SSSR count). The van der Waals surface area contributed by atoms with Crippen LogP contribution in [0.5, 0.6) is 11.5 Å². The molecule has 1 aliphatic carbocycles. The van der Waals surface area contributed by atoms with Crippen molar-refractivity contribution in [3.8, 4) is 11.5 Å². The number of fused-ring (bicyclic) bond motifs is 1. The van der Waals surface area contributed by atoms with E-state index in [2.05, 4.69) is 31.4 Å². The van der Waals surface area contributed by atoms with Gasteiger partial charge in [0.05, 0.1) is 11.1 Å². The number of aromatic hydroxyl groups is 2. The molecule has 178 valence electrons. The van der Waals surface area contributed by atoms with E-state index in [9.17, 15) is 15.3 Å². The predicted octanol–water partition coefficient (Wildman–Crippen LogP) is 4.93. The largest absolute Gasteiger partial charge is 0.508 e. The highest BCUT2D eigenvalue weighted by molar-refractivity contribution is 5.52. The summed E-state index contributed by atoms with van der Waals surface area (Å²) in [5.41, 5.74) is 1.03. The van der Waals surface area contributed by atoms with Crippen molar-refractivity contribution in [2.75, 3.05) is 17.2 Å². The number of aliphatic hydroxyl groups is 1. The Bertz CT molecular complexity index is 994. The zero-order valence-electron chi connectivity index (χ0n) is 19.7. The molecule has 6 atom stereocenters. The maximum Gasteiger partial charge on any atom is 0.171 e. The predicted molar refractivity (Wildman–Crippen MR) is 129 cm³/mol. The van der Waals surface area contributed by atoms with E-state index in [0.717, 1.165) is 30.6 Å². The monoisotopic (exact) mass is 452 g/mol. The van der Waals surface area contributed by atoms with Crippen LogP contribution >= 0.6 is 0 Å². The summed E-state index contributed by atoms with van der Waals surface area (Å²) in [6.45, 7) is 7.24. The van der Waals surface area contributed by atoms with E-state index in [1.165, 1.54) is 0 Å². The first-order valence-corrected chi connectivity index (χ1v) is 12.2. The Morgan fingerprint density at radius 1 is 0.970 bits per heavy atom. The zero-order chi connectivity index (χ0) is 23.4. The molecule has 33 heavy (non-hydrogen) atoms. The summed E-state index contributed by atoms with van der Waals surface area (Å²) in [5.74, 6) is 0.266. The van der Waals surface area contributed by atoms with Crippen LogP contribution in [0.15, 0.2) is 48.5 Å². The van der Waals surface area contributed by atoms with Crippen molar-refractivity contribution in [1.29, 1.82) is 0 Å². The molecule has 2 heterocycles. The van der Waals surface area contributed by atoms with Crippen molar-refractivity contribution in [3.05, 3.63) is 48.5 Å². The number of hydrogen-bond donors (Lipinski definition) is 5. The standard InChI is InChI=1S/C27H36N2O4/c1-17(2)23-14-26-18(3)4-13-24(26)25(15-27(23,32)33-26,29-20-7-11-22(31)12-8-20)16-28-19-5-9-21(30)10-6-19/h5-12,17-18,23-24,28-32H,4,13-16H2,1-3H3. The Kier molecular flexibility index (Phi) is 5.29. The van der Waals surface area contributed by atoms with Gasteiger partial charge in [-0.3, -0.25) is 0 Å². The van der Waals surface area contributed by atoms with E-state index >= 15 is 0 Å². The molecular weight excluding hydrogens is 416 g/mol. The fourth-order valence-electron chi connectivity index (χ4n) is 6.99. The number of ether oxygens (including phenoxy) is 1. The van der Waals surface area contributed by atoms with Gasteiger partial charge in [0, 0.05) is 36.2 Å². The van der Waals surface area contributed by atoms with Gasteiger partial charge in [-0.25, -0.2) is 0 Å². The number of rotatable bonds is 6. The van der Waals surface area contributed by atoms with E-state index in [0.29, 0.717) is 24.8 Å². The molecule has 0 amide bonds. The highest BCUT2D eigenvalue weighted by Crippen LogP contribution is 2.65. The van der Waals surface area contributed by atoms with Crippen LogP contribution in [0.25, 0.3) is 0 Å². The smallest absolute Gasteiger partial charge is 0.171 e. The number of hydrogen-bond acceptors (Lipinski definition) is 6. The van der Waals surface area contributed by atoms with Crippen molar-refractivity contribution in [1.82, 2.24) is 0 Å². The molecule has 1 saturated carbocycles. The number of benzene rings is 2. The maximum atomic E-state index is 11.9. The van der Waals surface area contributed by atoms with Crippen molar-refractivity contribution >= 4 is 11.4 Å². The normalized spacial score (nSPS) is 37.2. The third-order valence-corrected chi connectivity index (χ3v) is 8.57. The minimum Gasteiger partial charge on any atom is -0.508 e. The third-order valence-electron chi connectivity index (χ3n) is 8.57. The minimum absolute atomic E-state index is 0.0812. The zero-order valence-corrected chi connectivity index (χ0v) is 19.7. The molecule has 2 aliphatic heterocycles. The molecule has 6 heteroatoms. The van der Waals surface area contributed by atoms with Crippen LogP contribution in [0, 0.1) is 23.7 Å². The summed E-state index contributed by atoms with van der Waals surface area (Å²) in [5, 5.41) is 38.8. The molecule has 2 bridgehead atoms. The second-order valence-electron chi connectivity index (χ2n) is 10.9. The molecule has 0 aromatic heterocycles. The van der Waals surface area contributed by atoms with Crippen LogP contribution in [-0.4, -0.2) is 38.8 Å². The fourth-order valence-corrected chi connectivity index (χ4v) is 6.99. The summed E-state index contributed by atoms with van der Waals surface area (Å²) in [4.78, 5) is 0. The van der Waals surface area contributed by atoms with Gasteiger partial charge in [-0.05, 0) is 79.6 Å². The first kappa shape index (κ1) is 22.4. The topological polar surface area (TPSA) is 94.0 Å². The van der Waals surface area contributed by atoms with Crippen LogP contribution < -0.4 is 10.6 Å². The lowest BCUT2D eigenvalue weighted by molar-refractivity contribution is -0.295. The van der Waals surface area contributed by atoms with Crippen LogP contribution in [0.4, 0.5) is 11.4 Å². The van der Waals surface area contributed by atoms with Gasteiger partial charge in [0.1, 0.15) is 11.5 Å². The lowest BCUT2D eigenvalue weighted by atomic mass is 9.69. The van der Waals surface area contributed by atoms with Gasteiger partial charge >= 0.3 is 0 Å². The van der Waals surface area contributed by atoms with Gasteiger partial charge < -0.3 is 30.7 Å². The van der Waals surface area contributed by atoms with Crippen molar-refractivity contribution < 1.29 is 20.1 Å². The Morgan fingerprint density at radius 2 is 1.58 bits per heavy atom. The first-order chi connectivity index (χ1) is 15.7. The SMILES string of the molecule is CC(C)C1CC23OC1(O)CC(CNc1ccc(O)cc1)(Nc1ccc(O)cc1)C2CCC3C. The molecule has 3 aliphatic rings. The molecule has 2 saturated heterocycles. The van der Waals surface area contributed by atoms with Crippen LogP contribution in [0.3, 0.4) is 0 Å². The molecule has 5 N–H and O–H groups in total. The quantitative estimate of drug-likeness (QED) is 0.399. The Balaban J connectivity index is 1.56. The van der Waals surface area contributed by atoms with Crippen molar-refractivity contribution in [3.63, 3.8) is 0 Å². The lowest BCUT2D eigenvalue weighted by Crippen LogP contribution is -2.66. The third kappa shape index (κ3) is 3.64. The highest BCUT2D eigenvalue weighted by atomic mass is 16.7. The molecule has 2 aromatic carbocycles. The summed E-state index contributed by atoms with van der Waals surface area (Å²) in [7, 11) is 0. The van der Waals surface area contributed by atoms with Crippen LogP contribution in [-0.2, 0) is 4.74 Å². The van der Waals surface area contributed by atoms with Crippen molar-refractivity contribution in [2.45, 2.75) is 63.4 Å². The molecule has 1 spiro atoms. The second-order valence-corrected chi connectivity index (χ2v) is 10.9. The van der Waals surface area contributed by atoms with E-state index in [1.54, 1.807) is 24.3 Å². The van der Waals surface area contributed by atoms with Gasteiger partial charge in [0.2, 0.25) is 0 Å². The maximum absolute atomic E-state index is 11.9. The van der Waals surface area contributed by atoms with E-state index < -0.39 is 11.3 Å². The van der Waals surface area contributed by atoms with Gasteiger partial charge in [0.25, 0.3) is 0 Å². The van der Waals surface area contributed by atoms with Gasteiger partial charge in [-0.2, -0.15) is 0 Å². The van der Waals surface area contributed by atoms with Crippen molar-refractivity contribution in [2.24, 2.45) is 23.7 Å². The van der Waals surface area contributed by atoms with Crippen LogP contribution in [0.1, 0.15) is 46.5 Å². The molecule has 0 radical (unpaired) electrons. The molecule has 6 nitrogen and oxygen atoms in total. The molecule has 6 unspecified atom stereocenters. The Hall–Kier alpha value is -2.44. The Morgan fingerprint density at radius 3 is 2.18 bits per heavy atom. The second kappa shape index (κ2) is 7.81. The van der Waals surface area contributed by atoms with E-state index in [4.69, 9.17) is 4.74 Å². The molecule has 3 fully saturated rings. The number of nitrogens with one attached hydrogen (secondary N) is 2. The average Bonchev–Trinajstić information content (AvgIpc) is 3.23. The number of anilines is 2. The summed E-state index contributed by atoms with van der Waals surface area (Å²) in [6.07, 6.45) is 3.47. The fraction of sp³-hybridized carbons (Fsp3) is 0.556. The van der Waals surface area contributed by atoms with Gasteiger partial charge in [-0.15, -0.1) is 0 Å². The van der Waals surface area contributed by atoms with E-state index in [1.807, 2.05) is 24.3 Å². The minimum atomic E-state index is -1.19.